The fourth-order valence-corrected chi connectivity index (χ4v) is 2.61. The number of hydrogen-bond donors (Lipinski definition) is 1. The summed E-state index contributed by atoms with van der Waals surface area (Å²) in [5, 5.41) is 19.9. The van der Waals surface area contributed by atoms with Gasteiger partial charge in [0.2, 0.25) is 0 Å². The second kappa shape index (κ2) is 6.07. The third kappa shape index (κ3) is 3.48. The first kappa shape index (κ1) is 15.2. The van der Waals surface area contributed by atoms with Crippen LogP contribution in [0.15, 0.2) is 12.1 Å². The van der Waals surface area contributed by atoms with Gasteiger partial charge in [0, 0.05) is 6.07 Å². The molecule has 21 heavy (non-hydrogen) atoms. The number of nitrogens with zero attached hydrogens (tertiary/aromatic N) is 1. The van der Waals surface area contributed by atoms with Crippen molar-refractivity contribution in [2.24, 2.45) is 5.92 Å². The highest BCUT2D eigenvalue weighted by Crippen LogP contribution is 2.34. The van der Waals surface area contributed by atoms with E-state index in [9.17, 15) is 19.3 Å². The molecule has 2 unspecified atom stereocenters. The highest BCUT2D eigenvalue weighted by atomic mass is 19.1. The van der Waals surface area contributed by atoms with E-state index in [0.717, 1.165) is 31.7 Å². The third-order valence-corrected chi connectivity index (χ3v) is 3.66. The van der Waals surface area contributed by atoms with E-state index in [2.05, 4.69) is 6.92 Å². The van der Waals surface area contributed by atoms with Crippen LogP contribution in [-0.4, -0.2) is 22.1 Å². The fourth-order valence-electron chi connectivity index (χ4n) is 2.61. The second-order valence-corrected chi connectivity index (χ2v) is 5.37. The first-order valence-corrected chi connectivity index (χ1v) is 6.76. The van der Waals surface area contributed by atoms with Gasteiger partial charge in [0.05, 0.1) is 22.7 Å². The molecular formula is C14H16FNO5. The Bertz CT molecular complexity index is 575. The molecule has 0 saturated heterocycles. The normalized spacial score (nSPS) is 21.8. The topological polar surface area (TPSA) is 89.7 Å². The van der Waals surface area contributed by atoms with Crippen LogP contribution in [0.3, 0.4) is 0 Å². The predicted octanol–water partition coefficient (Wildman–Crippen LogP) is 3.39. The average Bonchev–Trinajstić information content (AvgIpc) is 2.39. The van der Waals surface area contributed by atoms with Crippen LogP contribution in [0.1, 0.15) is 43.0 Å². The Morgan fingerprint density at radius 2 is 2.19 bits per heavy atom. The second-order valence-electron chi connectivity index (χ2n) is 5.37. The van der Waals surface area contributed by atoms with Crippen LogP contribution in [0.4, 0.5) is 10.1 Å². The van der Waals surface area contributed by atoms with Crippen molar-refractivity contribution >= 4 is 11.7 Å². The Balaban J connectivity index is 2.33. The summed E-state index contributed by atoms with van der Waals surface area (Å²) in [4.78, 5) is 21.1. The molecule has 0 bridgehead atoms. The molecule has 1 aliphatic carbocycles. The number of aromatic carboxylic acids is 1. The van der Waals surface area contributed by atoms with E-state index in [1.165, 1.54) is 0 Å². The number of hydrogen-bond acceptors (Lipinski definition) is 4. The lowest BCUT2D eigenvalue weighted by Gasteiger charge is -2.27. The molecule has 2 atom stereocenters. The zero-order valence-corrected chi connectivity index (χ0v) is 11.5. The van der Waals surface area contributed by atoms with Crippen molar-refractivity contribution in [2.45, 2.75) is 38.7 Å². The maximum atomic E-state index is 13.5. The minimum atomic E-state index is -1.48. The molecule has 1 aliphatic rings. The van der Waals surface area contributed by atoms with E-state index in [1.807, 2.05) is 0 Å². The minimum Gasteiger partial charge on any atom is -0.483 e. The van der Waals surface area contributed by atoms with Crippen molar-refractivity contribution in [3.63, 3.8) is 0 Å². The highest BCUT2D eigenvalue weighted by molar-refractivity contribution is 5.89. The van der Waals surface area contributed by atoms with Gasteiger partial charge in [0.1, 0.15) is 5.82 Å². The average molecular weight is 297 g/mol. The summed E-state index contributed by atoms with van der Waals surface area (Å²) in [6.45, 7) is 2.07. The molecule has 1 N–H and O–H groups in total. The number of carboxylic acid groups (broad SMARTS) is 1. The maximum Gasteiger partial charge on any atom is 0.338 e. The Hall–Kier alpha value is -2.18. The summed E-state index contributed by atoms with van der Waals surface area (Å²) in [5.74, 6) is -2.36. The van der Waals surface area contributed by atoms with Gasteiger partial charge < -0.3 is 9.84 Å². The monoisotopic (exact) mass is 297 g/mol. The number of carboxylic acids is 1. The fraction of sp³-hybridized carbons (Fsp3) is 0.500. The summed E-state index contributed by atoms with van der Waals surface area (Å²) in [5.41, 5.74) is -1.17. The number of rotatable bonds is 4. The van der Waals surface area contributed by atoms with E-state index in [-0.39, 0.29) is 11.9 Å². The molecule has 7 heteroatoms. The number of nitro groups is 1. The molecule has 0 aliphatic heterocycles. The predicted molar refractivity (Wildman–Crippen MR) is 72.1 cm³/mol. The lowest BCUT2D eigenvalue weighted by atomic mass is 9.88. The van der Waals surface area contributed by atoms with Gasteiger partial charge in [0.25, 0.3) is 0 Å². The smallest absolute Gasteiger partial charge is 0.338 e. The molecule has 2 rings (SSSR count). The van der Waals surface area contributed by atoms with Crippen molar-refractivity contribution in [1.29, 1.82) is 0 Å². The molecular weight excluding hydrogens is 281 g/mol. The van der Waals surface area contributed by atoms with Crippen molar-refractivity contribution in [1.82, 2.24) is 0 Å². The first-order valence-electron chi connectivity index (χ1n) is 6.76. The Morgan fingerprint density at radius 3 is 2.76 bits per heavy atom. The summed E-state index contributed by atoms with van der Waals surface area (Å²) in [6, 6.07) is 1.50. The van der Waals surface area contributed by atoms with Gasteiger partial charge in [-0.1, -0.05) is 13.3 Å². The number of carbonyl (C=O) groups is 1. The van der Waals surface area contributed by atoms with Gasteiger partial charge in [-0.05, 0) is 25.2 Å². The van der Waals surface area contributed by atoms with E-state index >= 15 is 0 Å². The third-order valence-electron chi connectivity index (χ3n) is 3.66. The van der Waals surface area contributed by atoms with Crippen LogP contribution in [-0.2, 0) is 0 Å². The van der Waals surface area contributed by atoms with Crippen LogP contribution in [0, 0.1) is 21.8 Å². The highest BCUT2D eigenvalue weighted by Gasteiger charge is 2.27. The minimum absolute atomic E-state index is 0.182. The molecule has 0 spiro atoms. The van der Waals surface area contributed by atoms with Gasteiger partial charge in [-0.15, -0.1) is 0 Å². The number of benzene rings is 1. The van der Waals surface area contributed by atoms with E-state index in [0.29, 0.717) is 12.0 Å². The Morgan fingerprint density at radius 1 is 1.48 bits per heavy atom. The van der Waals surface area contributed by atoms with Crippen molar-refractivity contribution in [3.05, 3.63) is 33.6 Å². The molecule has 0 aromatic heterocycles. The van der Waals surface area contributed by atoms with Gasteiger partial charge in [-0.2, -0.15) is 0 Å². The van der Waals surface area contributed by atoms with Crippen LogP contribution in [0.5, 0.6) is 5.75 Å². The van der Waals surface area contributed by atoms with Crippen molar-refractivity contribution in [2.75, 3.05) is 0 Å². The molecule has 114 valence electrons. The zero-order chi connectivity index (χ0) is 15.6. The largest absolute Gasteiger partial charge is 0.483 e. The molecule has 6 nitrogen and oxygen atoms in total. The number of halogens is 1. The molecule has 0 radical (unpaired) electrons. The molecule has 0 heterocycles. The van der Waals surface area contributed by atoms with Gasteiger partial charge in [0.15, 0.2) is 5.75 Å². The maximum absolute atomic E-state index is 13.5. The van der Waals surface area contributed by atoms with Crippen LogP contribution < -0.4 is 4.74 Å². The Labute approximate surface area is 120 Å². The van der Waals surface area contributed by atoms with Crippen LogP contribution >= 0.6 is 0 Å². The molecule has 1 saturated carbocycles. The number of ether oxygens (including phenoxy) is 1. The SMILES string of the molecule is CC1CCCC(Oc2cc(C(=O)O)c(F)cc2[N+](=O)[O-])C1. The summed E-state index contributed by atoms with van der Waals surface area (Å²) in [6.07, 6.45) is 3.32. The quantitative estimate of drug-likeness (QED) is 0.679. The zero-order valence-electron chi connectivity index (χ0n) is 11.5. The van der Waals surface area contributed by atoms with E-state index in [1.54, 1.807) is 0 Å². The summed E-state index contributed by atoms with van der Waals surface area (Å²) >= 11 is 0. The number of nitro benzene ring substituents is 1. The van der Waals surface area contributed by atoms with Gasteiger partial charge >= 0.3 is 11.7 Å². The summed E-state index contributed by atoms with van der Waals surface area (Å²) in [7, 11) is 0. The van der Waals surface area contributed by atoms with Crippen molar-refractivity contribution < 1.29 is 24.0 Å². The molecule has 1 fully saturated rings. The van der Waals surface area contributed by atoms with E-state index in [4.69, 9.17) is 9.84 Å². The first-order chi connectivity index (χ1) is 9.88. The summed E-state index contributed by atoms with van der Waals surface area (Å²) < 4.78 is 19.1. The van der Waals surface area contributed by atoms with Crippen LogP contribution in [0.25, 0.3) is 0 Å². The Kier molecular flexibility index (Phi) is 4.40. The van der Waals surface area contributed by atoms with E-state index < -0.39 is 28.0 Å². The molecule has 0 amide bonds. The van der Waals surface area contributed by atoms with Gasteiger partial charge in [-0.3, -0.25) is 10.1 Å². The molecule has 1 aromatic rings. The van der Waals surface area contributed by atoms with Gasteiger partial charge in [-0.25, -0.2) is 9.18 Å². The lowest BCUT2D eigenvalue weighted by molar-refractivity contribution is -0.386. The lowest BCUT2D eigenvalue weighted by Crippen LogP contribution is -2.24. The van der Waals surface area contributed by atoms with Crippen LogP contribution in [0.2, 0.25) is 0 Å². The molecule has 1 aromatic carbocycles. The standard InChI is InChI=1S/C14H16FNO5/c1-8-3-2-4-9(5-8)21-13-6-10(14(17)18)11(15)7-12(13)16(19)20/h6-9H,2-5H2,1H3,(H,17,18). The van der Waals surface area contributed by atoms with Crippen molar-refractivity contribution in [3.8, 4) is 5.75 Å².